The normalized spacial score (nSPS) is 14.2. The summed E-state index contributed by atoms with van der Waals surface area (Å²) in [7, 11) is 0. The highest BCUT2D eigenvalue weighted by molar-refractivity contribution is 5.94. The number of fused-ring (bicyclic) bond motifs is 1. The zero-order chi connectivity index (χ0) is 21.3. The van der Waals surface area contributed by atoms with E-state index in [0.717, 1.165) is 17.5 Å². The molecular weight excluding hydrogens is 364 g/mol. The van der Waals surface area contributed by atoms with Crippen LogP contribution >= 0.6 is 0 Å². The van der Waals surface area contributed by atoms with E-state index in [1.807, 2.05) is 24.3 Å². The van der Waals surface area contributed by atoms with Crippen LogP contribution in [-0.2, 0) is 5.41 Å². The van der Waals surface area contributed by atoms with Gasteiger partial charge in [-0.05, 0) is 72.2 Å². The molecule has 0 radical (unpaired) electrons. The number of hydrogen-bond acceptors (Lipinski definition) is 1. The highest BCUT2D eigenvalue weighted by Crippen LogP contribution is 2.41. The summed E-state index contributed by atoms with van der Waals surface area (Å²) in [6, 6.07) is 22.8. The second-order valence-electron chi connectivity index (χ2n) is 8.72. The Morgan fingerprint density at radius 2 is 1.50 bits per heavy atom. The van der Waals surface area contributed by atoms with Gasteiger partial charge in [0.1, 0.15) is 0 Å². The molecule has 0 saturated carbocycles. The SMILES string of the molecule is CC(=O)c1ccc(C#Cc2ccc3c(c2)C(c2ccc(C)cc2)=CCC3(C)C)cc1. The van der Waals surface area contributed by atoms with Gasteiger partial charge in [-0.3, -0.25) is 4.79 Å². The van der Waals surface area contributed by atoms with E-state index in [9.17, 15) is 4.79 Å². The molecule has 30 heavy (non-hydrogen) atoms. The molecule has 0 bridgehead atoms. The van der Waals surface area contributed by atoms with E-state index in [0.29, 0.717) is 5.56 Å². The first-order valence-corrected chi connectivity index (χ1v) is 10.4. The summed E-state index contributed by atoms with van der Waals surface area (Å²) in [5, 5.41) is 0. The van der Waals surface area contributed by atoms with E-state index in [4.69, 9.17) is 0 Å². The minimum Gasteiger partial charge on any atom is -0.295 e. The molecule has 0 fully saturated rings. The van der Waals surface area contributed by atoms with E-state index >= 15 is 0 Å². The van der Waals surface area contributed by atoms with Gasteiger partial charge in [0, 0.05) is 16.7 Å². The molecule has 1 nitrogen and oxygen atoms in total. The smallest absolute Gasteiger partial charge is 0.159 e. The number of ketones is 1. The molecule has 0 aromatic heterocycles. The second kappa shape index (κ2) is 7.81. The van der Waals surface area contributed by atoms with Crippen LogP contribution < -0.4 is 0 Å². The van der Waals surface area contributed by atoms with Crippen molar-refractivity contribution in [1.29, 1.82) is 0 Å². The lowest BCUT2D eigenvalue weighted by Gasteiger charge is -2.32. The topological polar surface area (TPSA) is 17.1 Å². The van der Waals surface area contributed by atoms with Crippen molar-refractivity contribution in [3.8, 4) is 11.8 Å². The fraction of sp³-hybridized carbons (Fsp3) is 0.207. The largest absolute Gasteiger partial charge is 0.295 e. The van der Waals surface area contributed by atoms with E-state index in [2.05, 4.69) is 81.2 Å². The maximum atomic E-state index is 11.4. The quantitative estimate of drug-likeness (QED) is 0.351. The third-order valence-electron chi connectivity index (χ3n) is 5.86. The number of carbonyl (C=O) groups excluding carboxylic acids is 1. The van der Waals surface area contributed by atoms with Gasteiger partial charge in [-0.25, -0.2) is 0 Å². The van der Waals surface area contributed by atoms with Crippen LogP contribution in [0.5, 0.6) is 0 Å². The Morgan fingerprint density at radius 3 is 2.17 bits per heavy atom. The Labute approximate surface area is 179 Å². The van der Waals surface area contributed by atoms with Crippen LogP contribution in [0.25, 0.3) is 5.57 Å². The van der Waals surface area contributed by atoms with Crippen molar-refractivity contribution in [2.75, 3.05) is 0 Å². The molecule has 0 heterocycles. The zero-order valence-corrected chi connectivity index (χ0v) is 18.0. The van der Waals surface area contributed by atoms with Gasteiger partial charge in [-0.1, -0.05) is 79.8 Å². The van der Waals surface area contributed by atoms with Gasteiger partial charge in [-0.15, -0.1) is 0 Å². The summed E-state index contributed by atoms with van der Waals surface area (Å²) in [6.07, 6.45) is 3.39. The molecule has 0 atom stereocenters. The molecule has 1 aliphatic rings. The summed E-state index contributed by atoms with van der Waals surface area (Å²) in [4.78, 5) is 11.4. The zero-order valence-electron chi connectivity index (χ0n) is 18.0. The lowest BCUT2D eigenvalue weighted by Crippen LogP contribution is -2.22. The molecule has 3 aromatic carbocycles. The molecular formula is C29H26O. The predicted molar refractivity (Wildman–Crippen MR) is 125 cm³/mol. The third-order valence-corrected chi connectivity index (χ3v) is 5.86. The Kier molecular flexibility index (Phi) is 5.18. The van der Waals surface area contributed by atoms with Crippen molar-refractivity contribution in [3.05, 3.63) is 112 Å². The Balaban J connectivity index is 1.72. The van der Waals surface area contributed by atoms with Crippen LogP contribution in [-0.4, -0.2) is 5.78 Å². The molecule has 0 aliphatic heterocycles. The van der Waals surface area contributed by atoms with E-state index in [1.54, 1.807) is 6.92 Å². The van der Waals surface area contributed by atoms with E-state index < -0.39 is 0 Å². The van der Waals surface area contributed by atoms with Gasteiger partial charge >= 0.3 is 0 Å². The Bertz CT molecular complexity index is 1190. The van der Waals surface area contributed by atoms with Crippen LogP contribution in [0, 0.1) is 18.8 Å². The first kappa shape index (κ1) is 19.9. The third kappa shape index (κ3) is 4.00. The van der Waals surface area contributed by atoms with Crippen molar-refractivity contribution < 1.29 is 4.79 Å². The minimum atomic E-state index is 0.0715. The lowest BCUT2D eigenvalue weighted by molar-refractivity contribution is 0.101. The molecule has 148 valence electrons. The number of benzene rings is 3. The first-order valence-electron chi connectivity index (χ1n) is 10.4. The molecule has 1 heteroatoms. The standard InChI is InChI=1S/C29H26O/c1-20-5-12-25(13-6-20)26-17-18-29(3,4)28-16-11-23(19-27(26)28)8-7-22-9-14-24(15-10-22)21(2)30/h5-6,9-17,19H,18H2,1-4H3. The molecule has 0 N–H and O–H groups in total. The summed E-state index contributed by atoms with van der Waals surface area (Å²) in [6.45, 7) is 8.30. The molecule has 0 spiro atoms. The van der Waals surface area contributed by atoms with Crippen LogP contribution in [0.3, 0.4) is 0 Å². The van der Waals surface area contributed by atoms with Crippen molar-refractivity contribution in [2.45, 2.75) is 39.5 Å². The molecule has 0 unspecified atom stereocenters. The predicted octanol–water partition coefficient (Wildman–Crippen LogP) is 6.71. The second-order valence-corrected chi connectivity index (χ2v) is 8.72. The number of Topliss-reactive ketones (excluding diaryl/α,β-unsaturated/α-hetero) is 1. The highest BCUT2D eigenvalue weighted by atomic mass is 16.1. The van der Waals surface area contributed by atoms with Gasteiger partial charge < -0.3 is 0 Å². The van der Waals surface area contributed by atoms with Crippen LogP contribution in [0.4, 0.5) is 0 Å². The number of allylic oxidation sites excluding steroid dienone is 1. The van der Waals surface area contributed by atoms with Crippen molar-refractivity contribution >= 4 is 11.4 Å². The van der Waals surface area contributed by atoms with Gasteiger partial charge in [0.25, 0.3) is 0 Å². The number of hydrogen-bond donors (Lipinski definition) is 0. The number of rotatable bonds is 2. The van der Waals surface area contributed by atoms with Crippen LogP contribution in [0.2, 0.25) is 0 Å². The van der Waals surface area contributed by atoms with E-state index in [1.165, 1.54) is 27.8 Å². The summed E-state index contributed by atoms with van der Waals surface area (Å²) < 4.78 is 0. The molecule has 3 aromatic rings. The van der Waals surface area contributed by atoms with Gasteiger partial charge in [0.2, 0.25) is 0 Å². The highest BCUT2D eigenvalue weighted by Gasteiger charge is 2.28. The minimum absolute atomic E-state index is 0.0715. The van der Waals surface area contributed by atoms with Crippen LogP contribution in [0.1, 0.15) is 70.9 Å². The molecule has 0 amide bonds. The van der Waals surface area contributed by atoms with Gasteiger partial charge in [0.15, 0.2) is 5.78 Å². The maximum Gasteiger partial charge on any atom is 0.159 e. The first-order chi connectivity index (χ1) is 14.3. The fourth-order valence-corrected chi connectivity index (χ4v) is 3.95. The van der Waals surface area contributed by atoms with Crippen molar-refractivity contribution in [3.63, 3.8) is 0 Å². The number of carbonyl (C=O) groups is 1. The maximum absolute atomic E-state index is 11.4. The van der Waals surface area contributed by atoms with Gasteiger partial charge in [0.05, 0.1) is 0 Å². The average molecular weight is 391 g/mol. The molecule has 4 rings (SSSR count). The van der Waals surface area contributed by atoms with Crippen molar-refractivity contribution in [2.24, 2.45) is 0 Å². The van der Waals surface area contributed by atoms with Crippen molar-refractivity contribution in [1.82, 2.24) is 0 Å². The average Bonchev–Trinajstić information content (AvgIpc) is 2.73. The fourth-order valence-electron chi connectivity index (χ4n) is 3.95. The lowest BCUT2D eigenvalue weighted by atomic mass is 9.72. The van der Waals surface area contributed by atoms with Crippen LogP contribution in [0.15, 0.2) is 72.8 Å². The summed E-state index contributed by atoms with van der Waals surface area (Å²) in [5.41, 5.74) is 9.19. The molecule has 0 saturated heterocycles. The summed E-state index contributed by atoms with van der Waals surface area (Å²) >= 11 is 0. The summed E-state index contributed by atoms with van der Waals surface area (Å²) in [5.74, 6) is 6.61. The Morgan fingerprint density at radius 1 is 0.867 bits per heavy atom. The monoisotopic (exact) mass is 390 g/mol. The number of aryl methyl sites for hydroxylation is 1. The Hall–Kier alpha value is -3.37. The van der Waals surface area contributed by atoms with E-state index in [-0.39, 0.29) is 11.2 Å². The van der Waals surface area contributed by atoms with Gasteiger partial charge in [-0.2, -0.15) is 0 Å². The molecule has 1 aliphatic carbocycles.